The van der Waals surface area contributed by atoms with Gasteiger partial charge in [0.1, 0.15) is 18.1 Å². The summed E-state index contributed by atoms with van der Waals surface area (Å²) in [6.07, 6.45) is 24.6. The fourth-order valence-corrected chi connectivity index (χ4v) is 6.90. The molecule has 0 N–H and O–H groups in total. The highest BCUT2D eigenvalue weighted by atomic mass is 16.5. The van der Waals surface area contributed by atoms with Crippen molar-refractivity contribution in [3.05, 3.63) is 83.9 Å². The van der Waals surface area contributed by atoms with E-state index in [2.05, 4.69) is 37.5 Å². The molecule has 5 heteroatoms. The predicted octanol–water partition coefficient (Wildman–Crippen LogP) is 12.5. The van der Waals surface area contributed by atoms with Gasteiger partial charge in [0.05, 0.1) is 19.8 Å². The predicted molar refractivity (Wildman–Crippen MR) is 226 cm³/mol. The second kappa shape index (κ2) is 26.7. The summed E-state index contributed by atoms with van der Waals surface area (Å²) >= 11 is 0. The van der Waals surface area contributed by atoms with Crippen molar-refractivity contribution in [2.24, 2.45) is 5.41 Å². The Hall–Kier alpha value is -4.03. The van der Waals surface area contributed by atoms with E-state index in [-0.39, 0.29) is 0 Å². The van der Waals surface area contributed by atoms with E-state index in [0.29, 0.717) is 17.8 Å². The number of ether oxygens (including phenoxy) is 4. The maximum Gasteiger partial charge on any atom is 0.390 e. The van der Waals surface area contributed by atoms with Crippen molar-refractivity contribution >= 4 is 5.97 Å². The van der Waals surface area contributed by atoms with Gasteiger partial charge in [-0.2, -0.15) is 0 Å². The molecular weight excluding hydrogens is 681 g/mol. The van der Waals surface area contributed by atoms with E-state index < -0.39 is 5.97 Å². The van der Waals surface area contributed by atoms with Crippen LogP contribution in [0.25, 0.3) is 11.1 Å². The van der Waals surface area contributed by atoms with Gasteiger partial charge in [-0.25, -0.2) is 4.79 Å². The molecule has 4 rings (SSSR count). The normalized spacial score (nSPS) is 12.8. The molecule has 0 aromatic heterocycles. The van der Waals surface area contributed by atoms with Crippen LogP contribution in [0.15, 0.2) is 72.8 Å². The topological polar surface area (TPSA) is 54.0 Å². The molecule has 1 saturated heterocycles. The Morgan fingerprint density at radius 2 is 1.11 bits per heavy atom. The quantitative estimate of drug-likeness (QED) is 0.0354. The van der Waals surface area contributed by atoms with Gasteiger partial charge >= 0.3 is 5.97 Å². The summed E-state index contributed by atoms with van der Waals surface area (Å²) in [4.78, 5) is 12.4. The molecule has 0 spiro atoms. The molecule has 1 heterocycles. The minimum atomic E-state index is -0.595. The maximum absolute atomic E-state index is 12.4. The van der Waals surface area contributed by atoms with Crippen molar-refractivity contribution < 1.29 is 23.7 Å². The smallest absolute Gasteiger partial charge is 0.390 e. The molecule has 0 amide bonds. The van der Waals surface area contributed by atoms with E-state index in [1.54, 1.807) is 12.1 Å². The lowest BCUT2D eigenvalue weighted by molar-refractivity contribution is -0.128. The van der Waals surface area contributed by atoms with E-state index in [4.69, 9.17) is 18.9 Å². The molecule has 1 fully saturated rings. The van der Waals surface area contributed by atoms with E-state index in [9.17, 15) is 4.79 Å². The van der Waals surface area contributed by atoms with E-state index in [1.165, 1.54) is 109 Å². The zero-order valence-electron chi connectivity index (χ0n) is 33.9. The van der Waals surface area contributed by atoms with Gasteiger partial charge in [0.2, 0.25) is 0 Å². The second-order valence-corrected chi connectivity index (χ2v) is 15.2. The van der Waals surface area contributed by atoms with Gasteiger partial charge in [-0.3, -0.25) is 0 Å². The Labute approximate surface area is 333 Å². The summed E-state index contributed by atoms with van der Waals surface area (Å²) in [6.45, 7) is 8.48. The van der Waals surface area contributed by atoms with E-state index in [0.717, 1.165) is 67.3 Å². The summed E-state index contributed by atoms with van der Waals surface area (Å²) in [7, 11) is 0. The van der Waals surface area contributed by atoms with Crippen LogP contribution in [0.3, 0.4) is 0 Å². The molecule has 5 nitrogen and oxygen atoms in total. The number of carbonyl (C=O) groups excluding carboxylic acids is 1. The molecule has 296 valence electrons. The summed E-state index contributed by atoms with van der Waals surface area (Å²) in [5.41, 5.74) is 4.30. The molecule has 0 bridgehead atoms. The first-order valence-electron chi connectivity index (χ1n) is 21.4. The average molecular weight is 747 g/mol. The molecule has 1 aliphatic rings. The summed E-state index contributed by atoms with van der Waals surface area (Å²) in [6, 6.07) is 23.1. The molecule has 1 aliphatic heterocycles. The highest BCUT2D eigenvalue weighted by molar-refractivity contribution is 5.91. The van der Waals surface area contributed by atoms with Gasteiger partial charge in [0.15, 0.2) is 0 Å². The Morgan fingerprint density at radius 1 is 0.600 bits per heavy atom. The second-order valence-electron chi connectivity index (χ2n) is 15.2. The Balaban J connectivity index is 1.02. The number of carbonyl (C=O) groups is 1. The fraction of sp³-hybridized carbons (Fsp3) is 0.540. The highest BCUT2D eigenvalue weighted by Crippen LogP contribution is 2.36. The third-order valence-electron chi connectivity index (χ3n) is 10.7. The molecule has 0 radical (unpaired) electrons. The molecule has 0 atom stereocenters. The lowest BCUT2D eigenvalue weighted by Gasteiger charge is -2.41. The molecule has 3 aromatic rings. The van der Waals surface area contributed by atoms with Gasteiger partial charge in [0, 0.05) is 29.1 Å². The Bertz CT molecular complexity index is 1590. The Kier molecular flexibility index (Phi) is 21.2. The number of hydrogen-bond acceptors (Lipinski definition) is 5. The molecule has 0 saturated carbocycles. The van der Waals surface area contributed by atoms with Crippen molar-refractivity contribution in [1.29, 1.82) is 0 Å². The van der Waals surface area contributed by atoms with Gasteiger partial charge in [-0.05, 0) is 85.3 Å². The monoisotopic (exact) mass is 746 g/mol. The zero-order chi connectivity index (χ0) is 38.7. The van der Waals surface area contributed by atoms with Crippen LogP contribution >= 0.6 is 0 Å². The zero-order valence-corrected chi connectivity index (χ0v) is 33.9. The maximum atomic E-state index is 12.4. The van der Waals surface area contributed by atoms with Gasteiger partial charge in [-0.15, -0.1) is 0 Å². The number of rotatable bonds is 26. The van der Waals surface area contributed by atoms with Crippen LogP contribution in [0, 0.1) is 29.1 Å². The van der Waals surface area contributed by atoms with Crippen LogP contribution < -0.4 is 9.47 Å². The SMILES string of the molecule is CCCCCCCCCOCC#Cc1ccc(-c2ccc(OC(=O)C#Cc3ccc(OCCCCCCCCCCCCC4(CC)COC4)cc3)cc2)cc1. The first kappa shape index (κ1) is 43.7. The molecule has 55 heavy (non-hydrogen) atoms. The molecule has 0 unspecified atom stereocenters. The minimum Gasteiger partial charge on any atom is -0.494 e. The van der Waals surface area contributed by atoms with Crippen LogP contribution in [0.4, 0.5) is 0 Å². The van der Waals surface area contributed by atoms with Crippen molar-refractivity contribution in [2.75, 3.05) is 33.0 Å². The van der Waals surface area contributed by atoms with Crippen molar-refractivity contribution in [3.8, 4) is 46.3 Å². The van der Waals surface area contributed by atoms with Gasteiger partial charge < -0.3 is 18.9 Å². The lowest BCUT2D eigenvalue weighted by Crippen LogP contribution is -2.41. The van der Waals surface area contributed by atoms with Crippen LogP contribution in [0.5, 0.6) is 11.5 Å². The van der Waals surface area contributed by atoms with Crippen molar-refractivity contribution in [1.82, 2.24) is 0 Å². The summed E-state index contributed by atoms with van der Waals surface area (Å²) < 4.78 is 22.5. The number of unbranched alkanes of at least 4 members (excludes halogenated alkanes) is 15. The van der Waals surface area contributed by atoms with Gasteiger partial charge in [0.25, 0.3) is 0 Å². The molecule has 0 aliphatic carbocycles. The van der Waals surface area contributed by atoms with Crippen LogP contribution in [0.2, 0.25) is 0 Å². The lowest BCUT2D eigenvalue weighted by atomic mass is 9.78. The number of esters is 1. The largest absolute Gasteiger partial charge is 0.494 e. The van der Waals surface area contributed by atoms with Crippen molar-refractivity contribution in [2.45, 2.75) is 136 Å². The van der Waals surface area contributed by atoms with E-state index in [1.807, 2.05) is 60.7 Å². The fourth-order valence-electron chi connectivity index (χ4n) is 6.90. The number of benzene rings is 3. The molecule has 3 aromatic carbocycles. The van der Waals surface area contributed by atoms with Crippen LogP contribution in [-0.2, 0) is 14.3 Å². The third-order valence-corrected chi connectivity index (χ3v) is 10.7. The summed E-state index contributed by atoms with van der Waals surface area (Å²) in [5, 5.41) is 0. The Morgan fingerprint density at radius 3 is 1.69 bits per heavy atom. The minimum absolute atomic E-state index is 0.455. The van der Waals surface area contributed by atoms with Crippen molar-refractivity contribution in [3.63, 3.8) is 0 Å². The first-order chi connectivity index (χ1) is 27.1. The average Bonchev–Trinajstić information content (AvgIpc) is 3.20. The van der Waals surface area contributed by atoms with Crippen LogP contribution in [0.1, 0.15) is 147 Å². The summed E-state index contributed by atoms with van der Waals surface area (Å²) in [5.74, 6) is 12.5. The standard InChI is InChI=1S/C50H66O5/c1-3-5-6-7-13-16-19-38-52-39-21-22-43-23-28-45(29-24-43)46-30-34-48(35-31-46)55-49(51)36-27-44-25-32-47(33-26-44)54-40-20-17-14-11-9-8-10-12-15-18-37-50(4-2)41-53-42-50/h23-26,28-35H,3-20,37-42H2,1-2H3. The third kappa shape index (κ3) is 18.0. The van der Waals surface area contributed by atoms with E-state index >= 15 is 0 Å². The molecular formula is C50H66O5. The van der Waals surface area contributed by atoms with Gasteiger partial charge in [-0.1, -0.05) is 152 Å². The highest BCUT2D eigenvalue weighted by Gasteiger charge is 2.35. The number of hydrogen-bond donors (Lipinski definition) is 0. The van der Waals surface area contributed by atoms with Crippen LogP contribution in [-0.4, -0.2) is 39.0 Å². The first-order valence-corrected chi connectivity index (χ1v) is 21.4.